The fourth-order valence-corrected chi connectivity index (χ4v) is 3.88. The van der Waals surface area contributed by atoms with Crippen molar-refractivity contribution in [3.8, 4) is 0 Å². The Labute approximate surface area is 152 Å². The highest BCUT2D eigenvalue weighted by Crippen LogP contribution is 2.31. The second kappa shape index (κ2) is 8.45. The summed E-state index contributed by atoms with van der Waals surface area (Å²) in [6.45, 7) is 5.84. The molecule has 25 heavy (non-hydrogen) atoms. The van der Waals surface area contributed by atoms with Gasteiger partial charge in [-0.05, 0) is 32.0 Å². The average Bonchev–Trinajstić information content (AvgIpc) is 3.12. The molecule has 3 atom stereocenters. The maximum atomic E-state index is 14.5. The first kappa shape index (κ1) is 18.6. The highest BCUT2D eigenvalue weighted by Gasteiger charge is 2.30. The van der Waals surface area contributed by atoms with Gasteiger partial charge in [-0.1, -0.05) is 17.7 Å². The van der Waals surface area contributed by atoms with Crippen LogP contribution in [0.15, 0.2) is 18.2 Å². The third-order valence-corrected chi connectivity index (χ3v) is 5.28. The van der Waals surface area contributed by atoms with Crippen molar-refractivity contribution in [3.63, 3.8) is 0 Å². The van der Waals surface area contributed by atoms with E-state index < -0.39 is 0 Å². The van der Waals surface area contributed by atoms with Gasteiger partial charge in [-0.2, -0.15) is 0 Å². The number of carbonyl (C=O) groups is 1. The first-order chi connectivity index (χ1) is 12.1. The smallest absolute Gasteiger partial charge is 0.224 e. The monoisotopic (exact) mass is 369 g/mol. The number of benzene rings is 1. The van der Waals surface area contributed by atoms with Crippen molar-refractivity contribution in [1.29, 1.82) is 0 Å². The van der Waals surface area contributed by atoms with Gasteiger partial charge < -0.3 is 15.4 Å². The van der Waals surface area contributed by atoms with Crippen LogP contribution in [0.25, 0.3) is 0 Å². The largest absolute Gasteiger partial charge is 0.376 e. The molecule has 0 aromatic heterocycles. The van der Waals surface area contributed by atoms with Crippen LogP contribution in [0.2, 0.25) is 5.02 Å². The molecule has 1 aromatic carbocycles. The molecule has 1 amide bonds. The number of nitrogens with one attached hydrogen (secondary N) is 2. The quantitative estimate of drug-likeness (QED) is 0.833. The molecule has 0 radical (unpaired) electrons. The first-order valence-electron chi connectivity index (χ1n) is 8.84. The number of hydrogen-bond acceptors (Lipinski definition) is 4. The Hall–Kier alpha value is -1.21. The van der Waals surface area contributed by atoms with Crippen molar-refractivity contribution in [2.45, 2.75) is 25.5 Å². The van der Waals surface area contributed by atoms with Crippen LogP contribution < -0.4 is 10.6 Å². The van der Waals surface area contributed by atoms with E-state index in [2.05, 4.69) is 15.5 Å². The number of nitrogens with zero attached hydrogens (tertiary/aromatic N) is 1. The van der Waals surface area contributed by atoms with Crippen molar-refractivity contribution in [2.24, 2.45) is 5.92 Å². The second-order valence-electron chi connectivity index (χ2n) is 6.76. The highest BCUT2D eigenvalue weighted by atomic mass is 35.5. The number of carbonyl (C=O) groups excluding carboxylic acids is 1. The lowest BCUT2D eigenvalue weighted by atomic mass is 10.0. The summed E-state index contributed by atoms with van der Waals surface area (Å²) in [7, 11) is 0. The van der Waals surface area contributed by atoms with Crippen molar-refractivity contribution >= 4 is 17.5 Å². The predicted octanol–water partition coefficient (Wildman–Crippen LogP) is 1.97. The number of morpholine rings is 1. The van der Waals surface area contributed by atoms with Crippen LogP contribution in [-0.2, 0) is 9.53 Å². The zero-order valence-corrected chi connectivity index (χ0v) is 15.2. The van der Waals surface area contributed by atoms with E-state index in [0.29, 0.717) is 43.4 Å². The van der Waals surface area contributed by atoms with Gasteiger partial charge in [0.2, 0.25) is 5.91 Å². The Balaban J connectivity index is 1.77. The maximum absolute atomic E-state index is 14.5. The lowest BCUT2D eigenvalue weighted by molar-refractivity contribution is -0.124. The molecule has 1 aromatic rings. The molecule has 5 nitrogen and oxygen atoms in total. The molecule has 0 bridgehead atoms. The molecule has 138 valence electrons. The van der Waals surface area contributed by atoms with Crippen molar-refractivity contribution in [3.05, 3.63) is 34.6 Å². The number of amides is 1. The van der Waals surface area contributed by atoms with Crippen molar-refractivity contribution < 1.29 is 13.9 Å². The minimum Gasteiger partial charge on any atom is -0.376 e. The van der Waals surface area contributed by atoms with Crippen LogP contribution >= 0.6 is 11.6 Å². The summed E-state index contributed by atoms with van der Waals surface area (Å²) < 4.78 is 20.1. The van der Waals surface area contributed by atoms with E-state index in [0.717, 1.165) is 13.0 Å². The topological polar surface area (TPSA) is 53.6 Å². The van der Waals surface area contributed by atoms with Gasteiger partial charge in [0, 0.05) is 36.8 Å². The molecule has 7 heteroatoms. The third kappa shape index (κ3) is 4.50. The van der Waals surface area contributed by atoms with E-state index in [1.165, 1.54) is 6.07 Å². The van der Waals surface area contributed by atoms with Crippen LogP contribution in [0.5, 0.6) is 0 Å². The lowest BCUT2D eigenvalue weighted by Crippen LogP contribution is -2.47. The van der Waals surface area contributed by atoms with E-state index >= 15 is 0 Å². The zero-order chi connectivity index (χ0) is 17.8. The van der Waals surface area contributed by atoms with Crippen LogP contribution in [0, 0.1) is 11.7 Å². The minimum atomic E-state index is -0.339. The molecule has 0 saturated carbocycles. The Morgan fingerprint density at radius 2 is 2.40 bits per heavy atom. The highest BCUT2D eigenvalue weighted by molar-refractivity contribution is 6.31. The van der Waals surface area contributed by atoms with Crippen LogP contribution in [-0.4, -0.2) is 56.2 Å². The maximum Gasteiger partial charge on any atom is 0.224 e. The molecule has 2 saturated heterocycles. The van der Waals surface area contributed by atoms with Gasteiger partial charge in [-0.3, -0.25) is 9.69 Å². The van der Waals surface area contributed by atoms with E-state index in [4.69, 9.17) is 16.3 Å². The first-order valence-corrected chi connectivity index (χ1v) is 9.22. The molecule has 2 heterocycles. The molecule has 2 fully saturated rings. The van der Waals surface area contributed by atoms with E-state index in [-0.39, 0.29) is 29.8 Å². The average molecular weight is 370 g/mol. The molecule has 3 rings (SSSR count). The van der Waals surface area contributed by atoms with Crippen LogP contribution in [0.4, 0.5) is 4.39 Å². The number of ether oxygens (including phenoxy) is 1. The van der Waals surface area contributed by atoms with Gasteiger partial charge in [0.05, 0.1) is 24.7 Å². The Morgan fingerprint density at radius 3 is 3.08 bits per heavy atom. The van der Waals surface area contributed by atoms with Gasteiger partial charge in [-0.15, -0.1) is 0 Å². The molecular formula is C18H25ClFN3O2. The minimum absolute atomic E-state index is 0.0136. The Bertz CT molecular complexity index is 590. The summed E-state index contributed by atoms with van der Waals surface area (Å²) in [5.41, 5.74) is 0.447. The molecule has 0 unspecified atom stereocenters. The lowest BCUT2D eigenvalue weighted by Gasteiger charge is -2.38. The van der Waals surface area contributed by atoms with Gasteiger partial charge in [0.15, 0.2) is 0 Å². The summed E-state index contributed by atoms with van der Waals surface area (Å²) in [6, 6.07) is 4.40. The van der Waals surface area contributed by atoms with E-state index in [1.807, 2.05) is 6.92 Å². The Morgan fingerprint density at radius 1 is 1.56 bits per heavy atom. The van der Waals surface area contributed by atoms with Gasteiger partial charge in [-0.25, -0.2) is 4.39 Å². The molecule has 0 spiro atoms. The number of halogens is 2. The SMILES string of the molecule is C[C@@H]1CN([C@@H](CNC(=O)[C@H]2CCNC2)c2c(F)cccc2Cl)CCO1. The molecular weight excluding hydrogens is 345 g/mol. The van der Waals surface area contributed by atoms with Gasteiger partial charge >= 0.3 is 0 Å². The normalized spacial score (nSPS) is 25.7. The number of rotatable bonds is 5. The van der Waals surface area contributed by atoms with Crippen molar-refractivity contribution in [2.75, 3.05) is 39.3 Å². The summed E-state index contributed by atoms with van der Waals surface area (Å²) in [6.07, 6.45) is 0.905. The van der Waals surface area contributed by atoms with Crippen LogP contribution in [0.3, 0.4) is 0 Å². The molecule has 2 N–H and O–H groups in total. The summed E-state index contributed by atoms with van der Waals surface area (Å²) in [4.78, 5) is 14.5. The Kier molecular flexibility index (Phi) is 6.28. The van der Waals surface area contributed by atoms with Crippen molar-refractivity contribution in [1.82, 2.24) is 15.5 Å². The molecule has 0 aliphatic carbocycles. The van der Waals surface area contributed by atoms with Gasteiger partial charge in [0.1, 0.15) is 5.82 Å². The summed E-state index contributed by atoms with van der Waals surface area (Å²) in [5.74, 6) is -0.336. The fraction of sp³-hybridized carbons (Fsp3) is 0.611. The summed E-state index contributed by atoms with van der Waals surface area (Å²) >= 11 is 6.30. The predicted molar refractivity (Wildman–Crippen MR) is 95.1 cm³/mol. The summed E-state index contributed by atoms with van der Waals surface area (Å²) in [5, 5.41) is 6.58. The van der Waals surface area contributed by atoms with E-state index in [1.54, 1.807) is 12.1 Å². The fourth-order valence-electron chi connectivity index (χ4n) is 3.59. The third-order valence-electron chi connectivity index (χ3n) is 4.95. The standard InChI is InChI=1S/C18H25ClFN3O2/c1-12-11-23(7-8-25-12)16(17-14(19)3-2-4-15(17)20)10-22-18(24)13-5-6-21-9-13/h2-4,12-13,16,21H,5-11H2,1H3,(H,22,24)/t12-,13+,16+/m1/s1. The van der Waals surface area contributed by atoms with Gasteiger partial charge in [0.25, 0.3) is 0 Å². The van der Waals surface area contributed by atoms with Crippen LogP contribution in [0.1, 0.15) is 24.9 Å². The zero-order valence-electron chi connectivity index (χ0n) is 14.4. The molecule has 2 aliphatic rings. The van der Waals surface area contributed by atoms with E-state index in [9.17, 15) is 9.18 Å². The molecule has 2 aliphatic heterocycles. The second-order valence-corrected chi connectivity index (χ2v) is 7.17. The number of hydrogen-bond donors (Lipinski definition) is 2.